The molecular weight excluding hydrogens is 623 g/mol. The van der Waals surface area contributed by atoms with Gasteiger partial charge < -0.3 is 4.90 Å². The summed E-state index contributed by atoms with van der Waals surface area (Å²) in [5.74, 6) is 1.85. The highest BCUT2D eigenvalue weighted by molar-refractivity contribution is 6.13. The molecule has 0 aliphatic carbocycles. The third-order valence-electron chi connectivity index (χ3n) is 10.7. The van der Waals surface area contributed by atoms with Crippen molar-refractivity contribution in [2.45, 2.75) is 12.8 Å². The Hall–Kier alpha value is -6.72. The van der Waals surface area contributed by atoms with Gasteiger partial charge in [0, 0.05) is 44.7 Å². The lowest BCUT2D eigenvalue weighted by Gasteiger charge is -2.28. The zero-order valence-electron chi connectivity index (χ0n) is 27.7. The quantitative estimate of drug-likeness (QED) is 0.178. The van der Waals surface area contributed by atoms with E-state index in [1.165, 1.54) is 49.4 Å². The average molecular weight is 654 g/mol. The van der Waals surface area contributed by atoms with Crippen LogP contribution >= 0.6 is 0 Å². The number of fused-ring (bicyclic) bond motifs is 11. The molecule has 0 unspecified atom stereocenters. The fraction of sp³-hybridized carbons (Fsp3) is 0.0435. The van der Waals surface area contributed by atoms with Crippen molar-refractivity contribution >= 4 is 66.1 Å². The number of benzene rings is 6. The molecule has 0 fully saturated rings. The third-order valence-corrected chi connectivity index (χ3v) is 10.7. The van der Waals surface area contributed by atoms with E-state index in [2.05, 4.69) is 159 Å². The lowest BCUT2D eigenvalue weighted by Crippen LogP contribution is -2.12. The molecule has 0 amide bonds. The van der Waals surface area contributed by atoms with Crippen molar-refractivity contribution in [3.8, 4) is 17.2 Å². The first-order chi connectivity index (χ1) is 25.3. The Labute approximate surface area is 294 Å². The number of hydrogen-bond acceptors (Lipinski definition) is 3. The predicted octanol–water partition coefficient (Wildman–Crippen LogP) is 11.4. The molecule has 4 aromatic heterocycles. The van der Waals surface area contributed by atoms with E-state index in [1.807, 2.05) is 18.5 Å². The summed E-state index contributed by atoms with van der Waals surface area (Å²) in [6.45, 7) is 0. The first kappa shape index (κ1) is 28.2. The summed E-state index contributed by atoms with van der Waals surface area (Å²) in [6.07, 6.45) is 5.83. The summed E-state index contributed by atoms with van der Waals surface area (Å²) in [5, 5.41) is 6.10. The van der Waals surface area contributed by atoms with E-state index in [0.29, 0.717) is 0 Å². The molecule has 6 aromatic carbocycles. The van der Waals surface area contributed by atoms with Crippen molar-refractivity contribution in [3.63, 3.8) is 0 Å². The molecule has 10 aromatic rings. The molecule has 5 nitrogen and oxygen atoms in total. The predicted molar refractivity (Wildman–Crippen MR) is 210 cm³/mol. The molecule has 0 bridgehead atoms. The van der Waals surface area contributed by atoms with Crippen LogP contribution in [0.3, 0.4) is 0 Å². The number of hydrogen-bond donors (Lipinski definition) is 0. The zero-order valence-corrected chi connectivity index (χ0v) is 27.7. The van der Waals surface area contributed by atoms with Crippen LogP contribution in [0.15, 0.2) is 164 Å². The van der Waals surface area contributed by atoms with Gasteiger partial charge in [0.25, 0.3) is 0 Å². The van der Waals surface area contributed by atoms with Gasteiger partial charge in [-0.2, -0.15) is 0 Å². The van der Waals surface area contributed by atoms with Gasteiger partial charge in [-0.05, 0) is 77.9 Å². The molecular formula is C46H31N5. The van der Waals surface area contributed by atoms with Crippen LogP contribution < -0.4 is 4.90 Å². The molecule has 0 spiro atoms. The minimum atomic E-state index is 0.908. The Morgan fingerprint density at radius 1 is 0.451 bits per heavy atom. The first-order valence-electron chi connectivity index (χ1n) is 17.5. The van der Waals surface area contributed by atoms with Crippen molar-refractivity contribution < 1.29 is 0 Å². The Morgan fingerprint density at radius 3 is 1.94 bits per heavy atom. The monoisotopic (exact) mass is 653 g/mol. The largest absolute Gasteiger partial charge is 0.310 e. The summed E-state index contributed by atoms with van der Waals surface area (Å²) < 4.78 is 4.63. The molecule has 1 aliphatic heterocycles. The van der Waals surface area contributed by atoms with Crippen molar-refractivity contribution in [1.82, 2.24) is 18.9 Å². The second-order valence-electron chi connectivity index (χ2n) is 13.4. The maximum Gasteiger partial charge on any atom is 0.145 e. The van der Waals surface area contributed by atoms with Crippen LogP contribution in [0.1, 0.15) is 11.1 Å². The van der Waals surface area contributed by atoms with Crippen LogP contribution in [-0.4, -0.2) is 18.9 Å². The molecule has 0 saturated carbocycles. The average Bonchev–Trinajstić information content (AvgIpc) is 3.74. The number of nitrogens with zero attached hydrogens (tertiary/aromatic N) is 5. The van der Waals surface area contributed by atoms with Crippen LogP contribution in [0.25, 0.3) is 66.2 Å². The summed E-state index contributed by atoms with van der Waals surface area (Å²) >= 11 is 0. The van der Waals surface area contributed by atoms with Gasteiger partial charge in [-0.3, -0.25) is 8.97 Å². The molecule has 1 aliphatic rings. The van der Waals surface area contributed by atoms with Crippen molar-refractivity contribution in [2.24, 2.45) is 0 Å². The Morgan fingerprint density at radius 2 is 1.12 bits per heavy atom. The van der Waals surface area contributed by atoms with Crippen LogP contribution in [0.5, 0.6) is 0 Å². The smallest absolute Gasteiger partial charge is 0.145 e. The Bertz CT molecular complexity index is 2990. The maximum atomic E-state index is 5.12. The van der Waals surface area contributed by atoms with E-state index < -0.39 is 0 Å². The van der Waals surface area contributed by atoms with Gasteiger partial charge in [-0.1, -0.05) is 103 Å². The number of rotatable bonds is 3. The molecule has 5 heterocycles. The maximum absolute atomic E-state index is 5.12. The van der Waals surface area contributed by atoms with Crippen LogP contribution in [0.4, 0.5) is 17.1 Å². The van der Waals surface area contributed by atoms with E-state index in [-0.39, 0.29) is 0 Å². The molecule has 0 atom stereocenters. The van der Waals surface area contributed by atoms with Gasteiger partial charge >= 0.3 is 0 Å². The van der Waals surface area contributed by atoms with Gasteiger partial charge in [0.05, 0.1) is 34.0 Å². The van der Waals surface area contributed by atoms with Crippen molar-refractivity contribution in [3.05, 3.63) is 175 Å². The van der Waals surface area contributed by atoms with Gasteiger partial charge in [-0.25, -0.2) is 9.97 Å². The van der Waals surface area contributed by atoms with E-state index in [0.717, 1.165) is 57.8 Å². The lowest BCUT2D eigenvalue weighted by molar-refractivity contribution is 0.977. The Balaban J connectivity index is 1.17. The van der Waals surface area contributed by atoms with E-state index in [9.17, 15) is 0 Å². The van der Waals surface area contributed by atoms with Gasteiger partial charge in [0.1, 0.15) is 11.6 Å². The minimum Gasteiger partial charge on any atom is -0.310 e. The van der Waals surface area contributed by atoms with Crippen LogP contribution in [0, 0.1) is 0 Å². The van der Waals surface area contributed by atoms with Gasteiger partial charge in [-0.15, -0.1) is 0 Å². The normalized spacial score (nSPS) is 12.9. The lowest BCUT2D eigenvalue weighted by atomic mass is 10.0. The first-order valence-corrected chi connectivity index (χ1v) is 17.5. The molecule has 0 radical (unpaired) electrons. The fourth-order valence-electron chi connectivity index (χ4n) is 8.40. The minimum absolute atomic E-state index is 0.908. The van der Waals surface area contributed by atoms with Crippen molar-refractivity contribution in [2.75, 3.05) is 4.90 Å². The number of aromatic nitrogens is 4. The molecule has 11 rings (SSSR count). The topological polar surface area (TPSA) is 38.4 Å². The Kier molecular flexibility index (Phi) is 6.01. The molecule has 51 heavy (non-hydrogen) atoms. The molecule has 0 N–H and O–H groups in total. The molecule has 5 heteroatoms. The second kappa shape index (κ2) is 10.9. The third kappa shape index (κ3) is 4.15. The van der Waals surface area contributed by atoms with Crippen LogP contribution in [0.2, 0.25) is 0 Å². The highest BCUT2D eigenvalue weighted by atomic mass is 15.2. The summed E-state index contributed by atoms with van der Waals surface area (Å²) in [6, 6.07) is 54.8. The summed E-state index contributed by atoms with van der Waals surface area (Å²) in [7, 11) is 0. The molecule has 0 saturated heterocycles. The summed E-state index contributed by atoms with van der Waals surface area (Å²) in [4.78, 5) is 12.4. The van der Waals surface area contributed by atoms with E-state index in [4.69, 9.17) is 9.97 Å². The van der Waals surface area contributed by atoms with Crippen LogP contribution in [-0.2, 0) is 12.8 Å². The number of imidazole rings is 1. The van der Waals surface area contributed by atoms with Gasteiger partial charge in [0.15, 0.2) is 0 Å². The van der Waals surface area contributed by atoms with E-state index >= 15 is 0 Å². The second-order valence-corrected chi connectivity index (χ2v) is 13.4. The number of aryl methyl sites for hydroxylation is 2. The highest BCUT2D eigenvalue weighted by Crippen LogP contribution is 2.45. The SMILES string of the molecule is c1ccc(-n2c3ccccc3c3ccc(N4c5ccccc5CCc5ccc(-c6ncc7c8ccccc8c8ccccc8n67)cc54)cc32)nc1. The molecule has 240 valence electrons. The van der Waals surface area contributed by atoms with Crippen molar-refractivity contribution in [1.29, 1.82) is 0 Å². The van der Waals surface area contributed by atoms with E-state index in [1.54, 1.807) is 0 Å². The van der Waals surface area contributed by atoms with Gasteiger partial charge in [0.2, 0.25) is 0 Å². The number of para-hydroxylation sites is 3. The standard InChI is InChI=1S/C46H31N5/c1-6-16-39-30(11-1)20-21-31-22-23-32(46-48-29-44-36-14-3-2-12-34(36)35-13-4-8-18-41(35)51(44)46)27-42(31)49(39)33-24-25-38-37-15-5-7-17-40(37)50(43(38)28-33)45-19-9-10-26-47-45/h1-19,22-29H,20-21H2. The fourth-order valence-corrected chi connectivity index (χ4v) is 8.40. The number of pyridine rings is 2. The zero-order chi connectivity index (χ0) is 33.5. The number of anilines is 3. The highest BCUT2D eigenvalue weighted by Gasteiger charge is 2.25. The summed E-state index contributed by atoms with van der Waals surface area (Å²) in [5.41, 5.74) is 11.8.